The molecule has 0 spiro atoms. The summed E-state index contributed by atoms with van der Waals surface area (Å²) >= 11 is 6.69. The molecule has 20 nitrogen and oxygen atoms in total. The minimum atomic E-state index is -0.703. The second-order valence-corrected chi connectivity index (χ2v) is 18.4. The fourth-order valence-corrected chi connectivity index (χ4v) is 9.19. The van der Waals surface area contributed by atoms with E-state index in [0.717, 1.165) is 48.3 Å². The van der Waals surface area contributed by atoms with Crippen molar-refractivity contribution in [2.75, 3.05) is 89.0 Å². The van der Waals surface area contributed by atoms with E-state index in [0.29, 0.717) is 109 Å². The first-order chi connectivity index (χ1) is 35.1. The van der Waals surface area contributed by atoms with Crippen LogP contribution in [0.25, 0.3) is 39.8 Å². The molecule has 7 heterocycles. The number of imidazole rings is 1. The van der Waals surface area contributed by atoms with Crippen LogP contribution in [-0.4, -0.2) is 148 Å². The number of rotatable bonds is 21. The van der Waals surface area contributed by atoms with Crippen molar-refractivity contribution < 1.29 is 33.7 Å². The Hall–Kier alpha value is -6.65. The van der Waals surface area contributed by atoms with Gasteiger partial charge in [0.2, 0.25) is 0 Å². The molecule has 2 aliphatic rings. The Morgan fingerprint density at radius 2 is 1.53 bits per heavy atom. The zero-order chi connectivity index (χ0) is 50.0. The zero-order valence-corrected chi connectivity index (χ0v) is 41.7. The first kappa shape index (κ1) is 50.3. The Morgan fingerprint density at radius 3 is 2.28 bits per heavy atom. The number of nitrogens with zero attached hydrogens (tertiary/aromatic N) is 11. The quantitative estimate of drug-likeness (QED) is 0.0607. The van der Waals surface area contributed by atoms with E-state index >= 15 is 0 Å². The molecular formula is C51H62ClN14O6+. The van der Waals surface area contributed by atoms with E-state index in [1.807, 2.05) is 70.7 Å². The van der Waals surface area contributed by atoms with Crippen molar-refractivity contribution in [3.63, 3.8) is 0 Å². The smallest absolute Gasteiger partial charge is 0.287 e. The fourth-order valence-electron chi connectivity index (χ4n) is 8.96. The number of fused-ring (bicyclic) bond motifs is 1. The van der Waals surface area contributed by atoms with Gasteiger partial charge in [-0.2, -0.15) is 0 Å². The number of halogens is 1. The van der Waals surface area contributed by atoms with Gasteiger partial charge in [-0.3, -0.25) is 9.38 Å². The van der Waals surface area contributed by atoms with Crippen molar-refractivity contribution in [1.82, 2.24) is 49.9 Å². The van der Waals surface area contributed by atoms with E-state index in [9.17, 15) is 10.2 Å². The summed E-state index contributed by atoms with van der Waals surface area (Å²) in [5.41, 5.74) is 5.09. The molecule has 72 heavy (non-hydrogen) atoms. The van der Waals surface area contributed by atoms with E-state index in [2.05, 4.69) is 42.8 Å². The lowest BCUT2D eigenvalue weighted by atomic mass is 10.1. The molecule has 378 valence electrons. The third kappa shape index (κ3) is 12.3. The molecule has 21 heteroatoms. The van der Waals surface area contributed by atoms with Gasteiger partial charge in [0.05, 0.1) is 23.8 Å². The molecule has 7 aromatic rings. The molecule has 2 aromatic carbocycles. The Bertz CT molecular complexity index is 2920. The number of nitrogens with one attached hydrogen (secondary N) is 3. The summed E-state index contributed by atoms with van der Waals surface area (Å²) in [4.78, 5) is 38.8. The maximum atomic E-state index is 10.4. The Morgan fingerprint density at radius 1 is 0.819 bits per heavy atom. The van der Waals surface area contributed by atoms with Gasteiger partial charge in [-0.05, 0) is 77.0 Å². The summed E-state index contributed by atoms with van der Waals surface area (Å²) in [5.74, 6) is 4.08. The van der Waals surface area contributed by atoms with Crippen LogP contribution in [0.1, 0.15) is 31.2 Å². The van der Waals surface area contributed by atoms with E-state index in [4.69, 9.17) is 55.5 Å². The van der Waals surface area contributed by atoms with Crippen LogP contribution in [0.4, 0.5) is 23.1 Å². The van der Waals surface area contributed by atoms with Gasteiger partial charge in [0.25, 0.3) is 6.33 Å². The van der Waals surface area contributed by atoms with Crippen LogP contribution in [0.5, 0.6) is 11.5 Å². The van der Waals surface area contributed by atoms with Crippen LogP contribution in [-0.2, 0) is 16.1 Å². The topological polar surface area (TPSA) is 218 Å². The van der Waals surface area contributed by atoms with Crippen LogP contribution in [0.15, 0.2) is 92.0 Å². The average molecular weight is 1000 g/mol. The van der Waals surface area contributed by atoms with E-state index in [1.165, 1.54) is 0 Å². The van der Waals surface area contributed by atoms with Crippen molar-refractivity contribution in [2.45, 2.75) is 63.6 Å². The molecule has 2 unspecified atom stereocenters. The van der Waals surface area contributed by atoms with E-state index < -0.39 is 12.2 Å². The van der Waals surface area contributed by atoms with Gasteiger partial charge < -0.3 is 54.9 Å². The molecule has 0 radical (unpaired) electrons. The van der Waals surface area contributed by atoms with Gasteiger partial charge in [0.15, 0.2) is 30.2 Å². The predicted octanol–water partition coefficient (Wildman–Crippen LogP) is 4.87. The Balaban J connectivity index is 1.07. The van der Waals surface area contributed by atoms with Gasteiger partial charge in [0, 0.05) is 98.8 Å². The third-order valence-corrected chi connectivity index (χ3v) is 12.9. The number of ether oxygens (including phenoxy) is 4. The number of anilines is 4. The number of hydrogen-bond acceptors (Lipinski definition) is 18. The largest absolute Gasteiger partial charge is 0.491 e. The van der Waals surface area contributed by atoms with Crippen LogP contribution < -0.4 is 39.8 Å². The molecule has 2 fully saturated rings. The van der Waals surface area contributed by atoms with Crippen molar-refractivity contribution >= 4 is 40.4 Å². The summed E-state index contributed by atoms with van der Waals surface area (Å²) in [6, 6.07) is 15.2. The molecule has 9 rings (SSSR count). The molecule has 2 saturated heterocycles. The third-order valence-electron chi connectivity index (χ3n) is 12.7. The number of hydrogen-bond donors (Lipinski definition) is 5. The summed E-state index contributed by atoms with van der Waals surface area (Å²) in [7, 11) is 5.63. The Labute approximate surface area is 423 Å². The van der Waals surface area contributed by atoms with Gasteiger partial charge in [-0.25, -0.2) is 29.5 Å². The average Bonchev–Trinajstić information content (AvgIpc) is 3.84. The molecule has 2 atom stereocenters. The minimum absolute atomic E-state index is 0.0567. The summed E-state index contributed by atoms with van der Waals surface area (Å²) in [5, 5.41) is 30.7. The first-order valence-electron chi connectivity index (χ1n) is 24.3. The van der Waals surface area contributed by atoms with Gasteiger partial charge >= 0.3 is 0 Å². The normalized spacial score (nSPS) is 15.3. The second kappa shape index (κ2) is 23.7. The first-order valence-corrected chi connectivity index (χ1v) is 24.6. The maximum Gasteiger partial charge on any atom is 0.287 e. The number of aliphatic hydroxyl groups is 2. The van der Waals surface area contributed by atoms with Crippen molar-refractivity contribution in [1.29, 1.82) is 0 Å². The van der Waals surface area contributed by atoms with Crippen LogP contribution in [0, 0.1) is 6.92 Å². The summed E-state index contributed by atoms with van der Waals surface area (Å²) < 4.78 is 27.6. The highest BCUT2D eigenvalue weighted by Gasteiger charge is 2.28. The number of aliphatic hydroxyl groups excluding tert-OH is 2. The lowest BCUT2D eigenvalue weighted by Crippen LogP contribution is -2.50. The number of benzene rings is 2. The monoisotopic (exact) mass is 1000 g/mol. The molecular weight excluding hydrogens is 940 g/mol. The highest BCUT2D eigenvalue weighted by Crippen LogP contribution is 2.35. The lowest BCUT2D eigenvalue weighted by Gasteiger charge is -2.34. The Kier molecular flexibility index (Phi) is 16.6. The number of aromatic nitrogens is 9. The van der Waals surface area contributed by atoms with Crippen LogP contribution >= 0.6 is 11.6 Å². The molecule has 0 saturated carbocycles. The summed E-state index contributed by atoms with van der Waals surface area (Å²) in [6.07, 6.45) is 14.6. The SMILES string of the molecule is CNCC(O)COc1cccc(-c2nc(-c3cnc4cnccn34)cc(N(C[n+]3cncc(Nc4nc(-c5cc(Cl)cc(OCC(O)CNC)c5)nc(N(C)C5CCOCC5)c4C)c3)C3CCOCC3)n2)c1. The van der Waals surface area contributed by atoms with Crippen molar-refractivity contribution in [3.05, 3.63) is 103 Å². The minimum Gasteiger partial charge on any atom is -0.491 e. The van der Waals surface area contributed by atoms with Gasteiger partial charge in [-0.15, -0.1) is 0 Å². The molecule has 0 aliphatic carbocycles. The standard InChI is InChI=1S/C51H62ClN14O6/c1-33-48(61-50(62-51(33)63(4)38-8-14-69-15-9-38)35-18-36(52)21-43(20-35)72-30-41(68)25-54-3)58-37-23-56-31-64(28-37)32-66(39-10-16-70-17-11-39)46-22-44(45-26-57-47-27-55-12-13-65(45)47)59-49(60-46)34-6-5-7-42(19-34)71-29-40(67)24-53-2/h5-7,12-13,18-23,26-28,31,38-41,53-54,67-68H,8-11,14-17,24-25,29-30,32H2,1-4H3,(H,58,61,62)/q+1. The molecule has 5 N–H and O–H groups in total. The van der Waals surface area contributed by atoms with Gasteiger partial charge in [0.1, 0.15) is 66.3 Å². The molecule has 0 bridgehead atoms. The second-order valence-electron chi connectivity index (χ2n) is 18.0. The lowest BCUT2D eigenvalue weighted by molar-refractivity contribution is -0.698. The van der Waals surface area contributed by atoms with Gasteiger partial charge in [-0.1, -0.05) is 28.7 Å². The zero-order valence-electron chi connectivity index (χ0n) is 41.0. The highest BCUT2D eigenvalue weighted by molar-refractivity contribution is 6.31. The van der Waals surface area contributed by atoms with E-state index in [1.54, 1.807) is 51.3 Å². The van der Waals surface area contributed by atoms with Crippen molar-refractivity contribution in [2.24, 2.45) is 0 Å². The molecule has 5 aromatic heterocycles. The molecule has 0 amide bonds. The van der Waals surface area contributed by atoms with Crippen LogP contribution in [0.3, 0.4) is 0 Å². The molecule has 2 aliphatic heterocycles. The van der Waals surface area contributed by atoms with Crippen LogP contribution in [0.2, 0.25) is 5.02 Å². The maximum absolute atomic E-state index is 10.4. The highest BCUT2D eigenvalue weighted by atomic mass is 35.5. The summed E-state index contributed by atoms with van der Waals surface area (Å²) in [6.45, 7) is 5.95. The van der Waals surface area contributed by atoms with E-state index in [-0.39, 0.29) is 25.3 Å². The number of likely N-dealkylation sites (N-methyl/N-ethyl adjacent to an activating group) is 2. The predicted molar refractivity (Wildman–Crippen MR) is 274 cm³/mol. The fraction of sp³-hybridized carbons (Fsp3) is 0.412. The van der Waals surface area contributed by atoms with Crippen molar-refractivity contribution in [3.8, 4) is 45.7 Å².